The third-order valence-corrected chi connectivity index (χ3v) is 25.5. The third kappa shape index (κ3) is 4.58. The van der Waals surface area contributed by atoms with Gasteiger partial charge in [-0.15, -0.1) is 24.8 Å². The molecule has 0 aliphatic heterocycles. The molecule has 0 bridgehead atoms. The number of hydrogen-bond donors (Lipinski definition) is 0. The monoisotopic (exact) mass is 568 g/mol. The molecule has 2 aromatic rings. The molecule has 0 fully saturated rings. The minimum atomic E-state index is -2.11. The first-order chi connectivity index (χ1) is 14.2. The van der Waals surface area contributed by atoms with Crippen molar-refractivity contribution < 1.29 is 29.1 Å². The third-order valence-electron chi connectivity index (χ3n) is 6.92. The van der Waals surface area contributed by atoms with Gasteiger partial charge < -0.3 is 0 Å². The summed E-state index contributed by atoms with van der Waals surface area (Å²) in [6.45, 7) is 14.2. The van der Waals surface area contributed by atoms with Crippen LogP contribution in [0.1, 0.15) is 48.0 Å². The molecule has 2 aliphatic carbocycles. The van der Waals surface area contributed by atoms with Gasteiger partial charge in [0.25, 0.3) is 0 Å². The standard InChI is InChI=1S/C15H9F2.C9H13.C2H6Si.2ClH.Zr/c16-11-6-8-14(15(17)9-11)13-7-5-10-3-1-2-4-12(10)13;1-6-5-7(2)9(4)8(6)3;1-3-2;;;/h1-9H;6H,1-4H3;1-2H3;2*1H;. The number of hydrogen-bond acceptors (Lipinski definition) is 0. The van der Waals surface area contributed by atoms with E-state index in [0.717, 1.165) is 17.2 Å². The molecular formula is C26H30Cl2F2SiZr. The first kappa shape index (κ1) is 27.4. The topological polar surface area (TPSA) is 0 Å². The number of allylic oxidation sites excluding steroid dienone is 5. The van der Waals surface area contributed by atoms with E-state index in [4.69, 9.17) is 0 Å². The molecule has 0 saturated heterocycles. The molecule has 6 heteroatoms. The van der Waals surface area contributed by atoms with Gasteiger partial charge in [-0.25, -0.2) is 0 Å². The van der Waals surface area contributed by atoms with Crippen molar-refractivity contribution in [1.29, 1.82) is 0 Å². The molecule has 2 aromatic carbocycles. The first-order valence-corrected chi connectivity index (χ1v) is 19.4. The summed E-state index contributed by atoms with van der Waals surface area (Å²) < 4.78 is 30.5. The van der Waals surface area contributed by atoms with Crippen LogP contribution in [0.2, 0.25) is 13.1 Å². The van der Waals surface area contributed by atoms with Crippen LogP contribution >= 0.6 is 24.8 Å². The first-order valence-electron chi connectivity index (χ1n) is 10.5. The molecule has 0 amide bonds. The maximum atomic E-state index is 14.7. The molecule has 0 nitrogen and oxygen atoms in total. The Morgan fingerprint density at radius 3 is 2.09 bits per heavy atom. The van der Waals surface area contributed by atoms with Crippen molar-refractivity contribution in [2.24, 2.45) is 5.92 Å². The summed E-state index contributed by atoms with van der Waals surface area (Å²) in [6, 6.07) is 12.4. The maximum absolute atomic E-state index is 14.7. The summed E-state index contributed by atoms with van der Waals surface area (Å²) in [6.07, 6.45) is 2.34. The Hall–Kier alpha value is -0.800. The molecule has 0 saturated carbocycles. The van der Waals surface area contributed by atoms with Gasteiger partial charge in [0.05, 0.1) is 0 Å². The molecule has 0 aromatic heterocycles. The Morgan fingerprint density at radius 1 is 0.875 bits per heavy atom. The van der Waals surface area contributed by atoms with Crippen molar-refractivity contribution >= 4 is 35.8 Å². The number of fused-ring (bicyclic) bond motifs is 1. The minimum absolute atomic E-state index is 0. The Kier molecular flexibility index (Phi) is 9.12. The van der Waals surface area contributed by atoms with Crippen molar-refractivity contribution in [3.05, 3.63) is 96.9 Å². The van der Waals surface area contributed by atoms with E-state index >= 15 is 0 Å². The molecule has 2 atom stereocenters. The molecule has 2 aliphatic rings. The van der Waals surface area contributed by atoms with Gasteiger partial charge in [-0.05, 0) is 0 Å². The van der Waals surface area contributed by atoms with Crippen LogP contribution in [0.5, 0.6) is 0 Å². The van der Waals surface area contributed by atoms with Crippen molar-refractivity contribution in [3.8, 4) is 0 Å². The molecule has 170 valence electrons. The minimum Gasteiger partial charge on any atom is -0.147 e. The van der Waals surface area contributed by atoms with E-state index < -0.39 is 37.4 Å². The predicted octanol–water partition coefficient (Wildman–Crippen LogP) is 8.42. The van der Waals surface area contributed by atoms with Gasteiger partial charge in [-0.3, -0.25) is 0 Å². The molecule has 32 heavy (non-hydrogen) atoms. The second-order valence-electron chi connectivity index (χ2n) is 8.75. The van der Waals surface area contributed by atoms with Gasteiger partial charge in [-0.2, -0.15) is 0 Å². The van der Waals surface area contributed by atoms with E-state index in [9.17, 15) is 8.78 Å². The maximum Gasteiger partial charge on any atom is -0.147 e. The van der Waals surface area contributed by atoms with Gasteiger partial charge >= 0.3 is 187 Å². The van der Waals surface area contributed by atoms with Crippen LogP contribution in [-0.4, -0.2) is 5.43 Å². The number of halogens is 4. The zero-order chi connectivity index (χ0) is 21.7. The van der Waals surface area contributed by atoms with Crippen LogP contribution in [0.25, 0.3) is 5.57 Å². The molecule has 2 unspecified atom stereocenters. The van der Waals surface area contributed by atoms with Crippen LogP contribution in [0.3, 0.4) is 0 Å². The number of rotatable bonds is 3. The van der Waals surface area contributed by atoms with Gasteiger partial charge in [0.1, 0.15) is 0 Å². The van der Waals surface area contributed by atoms with Gasteiger partial charge in [-0.1, -0.05) is 0 Å². The Bertz CT molecular complexity index is 1190. The van der Waals surface area contributed by atoms with Crippen LogP contribution in [0.4, 0.5) is 8.78 Å². The van der Waals surface area contributed by atoms with E-state index in [2.05, 4.69) is 65.1 Å². The van der Waals surface area contributed by atoms with Crippen LogP contribution < -0.4 is 0 Å². The van der Waals surface area contributed by atoms with Gasteiger partial charge in [0.2, 0.25) is 0 Å². The van der Waals surface area contributed by atoms with Crippen LogP contribution in [-0.2, 0) is 20.4 Å². The SMILES string of the molecule is CC1=C(C)C(C)[C]([Zr]([CH]2C=C(c3ccc(F)cc3F)c3ccccc32)=[Si](C)C)=C1C.Cl.Cl. The molecule has 0 spiro atoms. The van der Waals surface area contributed by atoms with Gasteiger partial charge in [0.15, 0.2) is 0 Å². The molecular weight excluding hydrogens is 540 g/mol. The molecule has 0 radical (unpaired) electrons. The molecule has 0 heterocycles. The average molecular weight is 571 g/mol. The van der Waals surface area contributed by atoms with Crippen molar-refractivity contribution in [1.82, 2.24) is 0 Å². The van der Waals surface area contributed by atoms with E-state index in [-0.39, 0.29) is 24.8 Å². The second kappa shape index (κ2) is 10.6. The normalized spacial score (nSPS) is 19.3. The fourth-order valence-electron chi connectivity index (χ4n) is 5.09. The van der Waals surface area contributed by atoms with E-state index in [1.165, 1.54) is 28.3 Å². The Balaban J connectivity index is 0.00000181. The average Bonchev–Trinajstić information content (AvgIpc) is 3.16. The van der Waals surface area contributed by atoms with Crippen molar-refractivity contribution in [3.63, 3.8) is 0 Å². The predicted molar refractivity (Wildman–Crippen MR) is 135 cm³/mol. The second-order valence-corrected chi connectivity index (χ2v) is 26.2. The summed E-state index contributed by atoms with van der Waals surface area (Å²) in [5.74, 6) is -0.467. The zero-order valence-corrected chi connectivity index (χ0v) is 24.4. The summed E-state index contributed by atoms with van der Waals surface area (Å²) in [4.78, 5) is 0. The summed E-state index contributed by atoms with van der Waals surface area (Å²) >= 11 is -2.11. The number of benzene rings is 2. The fraction of sp³-hybridized carbons (Fsp3) is 0.308. The van der Waals surface area contributed by atoms with Crippen molar-refractivity contribution in [2.75, 3.05) is 0 Å². The van der Waals surface area contributed by atoms with Gasteiger partial charge in [0, 0.05) is 0 Å². The summed E-state index contributed by atoms with van der Waals surface area (Å²) in [5, 5.41) is 0. The van der Waals surface area contributed by atoms with Crippen LogP contribution in [0, 0.1) is 17.6 Å². The molecule has 0 N–H and O–H groups in total. The van der Waals surface area contributed by atoms with E-state index in [1.807, 2.05) is 6.07 Å². The zero-order valence-electron chi connectivity index (χ0n) is 19.3. The summed E-state index contributed by atoms with van der Waals surface area (Å²) in [7, 11) is 0. The molecule has 4 rings (SSSR count). The smallest absolute Gasteiger partial charge is 0.147 e. The van der Waals surface area contributed by atoms with E-state index in [0.29, 0.717) is 15.1 Å². The van der Waals surface area contributed by atoms with Crippen LogP contribution in [0.15, 0.2) is 68.5 Å². The largest absolute Gasteiger partial charge is 0.147 e. The fourth-order valence-corrected chi connectivity index (χ4v) is 24.8. The Labute approximate surface area is 210 Å². The quantitative estimate of drug-likeness (QED) is 0.325. The Morgan fingerprint density at radius 2 is 1.53 bits per heavy atom. The van der Waals surface area contributed by atoms with Crippen molar-refractivity contribution in [2.45, 2.75) is 44.4 Å². The summed E-state index contributed by atoms with van der Waals surface area (Å²) in [5.41, 5.74) is 7.95. The van der Waals surface area contributed by atoms with E-state index in [1.54, 1.807) is 9.35 Å².